The Morgan fingerprint density at radius 1 is 1.32 bits per heavy atom. The lowest BCUT2D eigenvalue weighted by Crippen LogP contribution is -2.41. The van der Waals surface area contributed by atoms with Crippen LogP contribution in [0, 0.1) is 12.8 Å². The molecule has 22 heavy (non-hydrogen) atoms. The third-order valence-electron chi connectivity index (χ3n) is 3.87. The topological polar surface area (TPSA) is 90.1 Å². The zero-order valence-corrected chi connectivity index (χ0v) is 12.4. The Morgan fingerprint density at radius 3 is 2.86 bits per heavy atom. The summed E-state index contributed by atoms with van der Waals surface area (Å²) in [6.07, 6.45) is 4.59. The number of hydrogen-bond donors (Lipinski definition) is 1. The lowest BCUT2D eigenvalue weighted by atomic mass is 9.95. The van der Waals surface area contributed by atoms with Gasteiger partial charge < -0.3 is 10.1 Å². The summed E-state index contributed by atoms with van der Waals surface area (Å²) >= 11 is 0. The first kappa shape index (κ1) is 14.6. The van der Waals surface area contributed by atoms with Crippen LogP contribution in [0.2, 0.25) is 0 Å². The maximum Gasteiger partial charge on any atom is 0.226 e. The summed E-state index contributed by atoms with van der Waals surface area (Å²) in [7, 11) is 0. The fourth-order valence-corrected chi connectivity index (χ4v) is 2.60. The van der Waals surface area contributed by atoms with Crippen molar-refractivity contribution >= 4 is 5.91 Å². The third-order valence-corrected chi connectivity index (χ3v) is 3.87. The number of carbonyl (C=O) groups excluding carboxylic acids is 1. The van der Waals surface area contributed by atoms with E-state index < -0.39 is 0 Å². The van der Waals surface area contributed by atoms with E-state index in [1.165, 1.54) is 5.56 Å². The van der Waals surface area contributed by atoms with Crippen LogP contribution >= 0.6 is 0 Å². The monoisotopic (exact) mass is 302 g/mol. The van der Waals surface area contributed by atoms with Crippen LogP contribution in [0.3, 0.4) is 0 Å². The molecule has 1 fully saturated rings. The zero-order chi connectivity index (χ0) is 15.4. The molecule has 3 rings (SSSR count). The smallest absolute Gasteiger partial charge is 0.226 e. The molecule has 1 aliphatic heterocycles. The molecule has 3 heterocycles. The van der Waals surface area contributed by atoms with Crippen molar-refractivity contribution in [3.8, 4) is 0 Å². The van der Waals surface area contributed by atoms with E-state index in [2.05, 4.69) is 25.2 Å². The molecule has 0 aromatic carbocycles. The Hall–Kier alpha value is -2.28. The van der Waals surface area contributed by atoms with Crippen molar-refractivity contribution in [1.82, 2.24) is 20.6 Å². The largest absolute Gasteiger partial charge is 0.379 e. The van der Waals surface area contributed by atoms with E-state index in [0.29, 0.717) is 24.6 Å². The van der Waals surface area contributed by atoms with Crippen LogP contribution in [-0.2, 0) is 22.4 Å². The van der Waals surface area contributed by atoms with Gasteiger partial charge in [0.2, 0.25) is 5.91 Å². The first-order valence-corrected chi connectivity index (χ1v) is 7.26. The van der Waals surface area contributed by atoms with E-state index in [4.69, 9.17) is 4.74 Å². The quantitative estimate of drug-likeness (QED) is 0.874. The number of aromatic nitrogens is 3. The average molecular weight is 302 g/mol. The standard InChI is InChI=1S/C15H18N4O3/c1-10-13(19-22-18-10)7-15(20)17-14-9-21-8-12(14)6-11-2-4-16-5-3-11/h2-5,12,14H,6-9H2,1H3,(H,17,20)/t12-,14-/m1/s1. The summed E-state index contributed by atoms with van der Waals surface area (Å²) in [5.41, 5.74) is 2.41. The molecule has 1 aliphatic rings. The molecule has 7 nitrogen and oxygen atoms in total. The Kier molecular flexibility index (Phi) is 4.43. The highest BCUT2D eigenvalue weighted by molar-refractivity contribution is 5.78. The van der Waals surface area contributed by atoms with Gasteiger partial charge in [-0.1, -0.05) is 10.3 Å². The Balaban J connectivity index is 1.57. The van der Waals surface area contributed by atoms with Crippen molar-refractivity contribution in [2.24, 2.45) is 5.92 Å². The Bertz CT molecular complexity index is 629. The molecule has 0 unspecified atom stereocenters. The maximum absolute atomic E-state index is 12.1. The summed E-state index contributed by atoms with van der Waals surface area (Å²) in [5, 5.41) is 10.4. The molecule has 7 heteroatoms. The first-order chi connectivity index (χ1) is 10.7. The van der Waals surface area contributed by atoms with Crippen molar-refractivity contribution in [2.75, 3.05) is 13.2 Å². The minimum atomic E-state index is -0.0889. The number of amides is 1. The van der Waals surface area contributed by atoms with Crippen molar-refractivity contribution in [2.45, 2.75) is 25.8 Å². The fourth-order valence-electron chi connectivity index (χ4n) is 2.60. The minimum absolute atomic E-state index is 0.0147. The van der Waals surface area contributed by atoms with E-state index in [-0.39, 0.29) is 24.3 Å². The van der Waals surface area contributed by atoms with Crippen LogP contribution < -0.4 is 5.32 Å². The second-order valence-corrected chi connectivity index (χ2v) is 5.50. The third kappa shape index (κ3) is 3.48. The molecular weight excluding hydrogens is 284 g/mol. The molecule has 0 spiro atoms. The summed E-state index contributed by atoms with van der Waals surface area (Å²) in [6, 6.07) is 3.99. The van der Waals surface area contributed by atoms with Gasteiger partial charge in [0.25, 0.3) is 0 Å². The van der Waals surface area contributed by atoms with E-state index in [9.17, 15) is 4.79 Å². The van der Waals surface area contributed by atoms with Gasteiger partial charge in [-0.2, -0.15) is 0 Å². The average Bonchev–Trinajstić information content (AvgIpc) is 3.10. The van der Waals surface area contributed by atoms with Gasteiger partial charge in [0.05, 0.1) is 25.7 Å². The van der Waals surface area contributed by atoms with E-state index in [1.54, 1.807) is 19.3 Å². The highest BCUT2D eigenvalue weighted by Crippen LogP contribution is 2.19. The normalized spacial score (nSPS) is 21.0. The number of aryl methyl sites for hydroxylation is 1. The van der Waals surface area contributed by atoms with Gasteiger partial charge in [0, 0.05) is 18.3 Å². The zero-order valence-electron chi connectivity index (χ0n) is 12.4. The van der Waals surface area contributed by atoms with Crippen molar-refractivity contribution in [3.63, 3.8) is 0 Å². The highest BCUT2D eigenvalue weighted by Gasteiger charge is 2.29. The Morgan fingerprint density at radius 2 is 2.14 bits per heavy atom. The lowest BCUT2D eigenvalue weighted by molar-refractivity contribution is -0.121. The van der Waals surface area contributed by atoms with Crippen LogP contribution in [0.4, 0.5) is 0 Å². The summed E-state index contributed by atoms with van der Waals surface area (Å²) < 4.78 is 10.1. The van der Waals surface area contributed by atoms with Gasteiger partial charge in [-0.3, -0.25) is 9.78 Å². The van der Waals surface area contributed by atoms with Crippen molar-refractivity contribution in [1.29, 1.82) is 0 Å². The molecule has 1 saturated heterocycles. The molecular formula is C15H18N4O3. The van der Waals surface area contributed by atoms with E-state index in [1.807, 2.05) is 12.1 Å². The summed E-state index contributed by atoms with van der Waals surface area (Å²) in [4.78, 5) is 16.1. The first-order valence-electron chi connectivity index (χ1n) is 7.26. The van der Waals surface area contributed by atoms with Crippen LogP contribution in [0.1, 0.15) is 17.0 Å². The van der Waals surface area contributed by atoms with Gasteiger partial charge in [-0.15, -0.1) is 0 Å². The molecule has 2 aromatic heterocycles. The number of hydrogen-bond acceptors (Lipinski definition) is 6. The van der Waals surface area contributed by atoms with Crippen LogP contribution in [0.25, 0.3) is 0 Å². The molecule has 0 radical (unpaired) electrons. The SMILES string of the molecule is Cc1nonc1CC(=O)N[C@@H]1COC[C@H]1Cc1ccncc1. The molecule has 1 amide bonds. The molecule has 2 aromatic rings. The number of carbonyl (C=O) groups is 1. The van der Waals surface area contributed by atoms with Crippen molar-refractivity contribution < 1.29 is 14.2 Å². The second-order valence-electron chi connectivity index (χ2n) is 5.50. The predicted molar refractivity (Wildman–Crippen MR) is 76.9 cm³/mol. The molecule has 0 bridgehead atoms. The minimum Gasteiger partial charge on any atom is -0.379 e. The van der Waals surface area contributed by atoms with E-state index in [0.717, 1.165) is 6.42 Å². The summed E-state index contributed by atoms with van der Waals surface area (Å²) in [5.74, 6) is 0.178. The molecule has 2 atom stereocenters. The van der Waals surface area contributed by atoms with Crippen LogP contribution in [0.5, 0.6) is 0 Å². The number of ether oxygens (including phenoxy) is 1. The predicted octanol–water partition coefficient (Wildman–Crippen LogP) is 0.689. The van der Waals surface area contributed by atoms with Gasteiger partial charge in [0.1, 0.15) is 11.4 Å². The maximum atomic E-state index is 12.1. The van der Waals surface area contributed by atoms with Gasteiger partial charge >= 0.3 is 0 Å². The molecule has 0 aliphatic carbocycles. The van der Waals surface area contributed by atoms with E-state index >= 15 is 0 Å². The molecule has 1 N–H and O–H groups in total. The van der Waals surface area contributed by atoms with Gasteiger partial charge in [-0.05, 0) is 31.0 Å². The van der Waals surface area contributed by atoms with Gasteiger partial charge in [-0.25, -0.2) is 4.63 Å². The lowest BCUT2D eigenvalue weighted by Gasteiger charge is -2.18. The van der Waals surface area contributed by atoms with Crippen LogP contribution in [0.15, 0.2) is 29.2 Å². The number of nitrogens with one attached hydrogen (secondary N) is 1. The molecule has 116 valence electrons. The van der Waals surface area contributed by atoms with Crippen LogP contribution in [-0.4, -0.2) is 40.5 Å². The number of rotatable bonds is 5. The highest BCUT2D eigenvalue weighted by atomic mass is 16.6. The van der Waals surface area contributed by atoms with Gasteiger partial charge in [0.15, 0.2) is 0 Å². The summed E-state index contributed by atoms with van der Waals surface area (Å²) in [6.45, 7) is 2.96. The Labute approximate surface area is 128 Å². The van der Waals surface area contributed by atoms with Crippen molar-refractivity contribution in [3.05, 3.63) is 41.5 Å². The number of nitrogens with zero attached hydrogens (tertiary/aromatic N) is 3. The second kappa shape index (κ2) is 6.65. The fraction of sp³-hybridized carbons (Fsp3) is 0.467. The molecule has 0 saturated carbocycles. The number of pyridine rings is 1.